The zero-order valence-electron chi connectivity index (χ0n) is 16.3. The van der Waals surface area contributed by atoms with E-state index in [-0.39, 0.29) is 5.56 Å². The van der Waals surface area contributed by atoms with Crippen LogP contribution in [0.15, 0.2) is 53.3 Å². The first kappa shape index (κ1) is 19.1. The Balaban J connectivity index is 1.68. The Bertz CT molecular complexity index is 1230. The van der Waals surface area contributed by atoms with Gasteiger partial charge in [-0.3, -0.25) is 4.79 Å². The van der Waals surface area contributed by atoms with Gasteiger partial charge >= 0.3 is 0 Å². The molecule has 6 nitrogen and oxygen atoms in total. The summed E-state index contributed by atoms with van der Waals surface area (Å²) in [6.45, 7) is 2.78. The smallest absolute Gasteiger partial charge is 0.291 e. The molecule has 0 saturated heterocycles. The topological polar surface area (TPSA) is 65.7 Å². The molecule has 4 rings (SSSR count). The van der Waals surface area contributed by atoms with Crippen LogP contribution in [0.4, 0.5) is 0 Å². The highest BCUT2D eigenvalue weighted by atomic mass is 32.1. The number of aromatic nitrogens is 3. The number of ether oxygens (including phenoxy) is 2. The lowest BCUT2D eigenvalue weighted by atomic mass is 10.2. The first-order chi connectivity index (χ1) is 14.2. The summed E-state index contributed by atoms with van der Waals surface area (Å²) in [5.74, 6) is 2.06. The predicted molar refractivity (Wildman–Crippen MR) is 115 cm³/mol. The van der Waals surface area contributed by atoms with Crippen molar-refractivity contribution >= 4 is 22.4 Å². The standard InChI is InChI=1S/C22H21N3O3S/c1-3-4-13-28-18-8-6-5-7-16(18)14-19-21(26)25-22(29-19)23-20(24-25)15-9-11-17(27-2)12-10-15/h5-12,14H,3-4,13H2,1-2H3/b19-14+. The van der Waals surface area contributed by atoms with Crippen molar-refractivity contribution in [1.29, 1.82) is 0 Å². The van der Waals surface area contributed by atoms with Crippen LogP contribution in [0.5, 0.6) is 11.5 Å². The number of hydrogen-bond acceptors (Lipinski definition) is 6. The van der Waals surface area contributed by atoms with Crippen molar-refractivity contribution in [2.75, 3.05) is 13.7 Å². The van der Waals surface area contributed by atoms with E-state index in [1.165, 1.54) is 15.9 Å². The van der Waals surface area contributed by atoms with Gasteiger partial charge in [-0.25, -0.2) is 0 Å². The molecule has 2 aromatic heterocycles. The highest BCUT2D eigenvalue weighted by molar-refractivity contribution is 7.15. The van der Waals surface area contributed by atoms with Crippen molar-refractivity contribution in [2.24, 2.45) is 0 Å². The maximum atomic E-state index is 12.8. The monoisotopic (exact) mass is 407 g/mol. The molecule has 0 saturated carbocycles. The van der Waals surface area contributed by atoms with Crippen LogP contribution in [0.3, 0.4) is 0 Å². The highest BCUT2D eigenvalue weighted by Crippen LogP contribution is 2.21. The highest BCUT2D eigenvalue weighted by Gasteiger charge is 2.12. The second kappa shape index (κ2) is 8.45. The van der Waals surface area contributed by atoms with Crippen molar-refractivity contribution < 1.29 is 9.47 Å². The number of hydrogen-bond donors (Lipinski definition) is 0. The van der Waals surface area contributed by atoms with Gasteiger partial charge in [0.1, 0.15) is 11.5 Å². The molecule has 7 heteroatoms. The Morgan fingerprint density at radius 2 is 1.93 bits per heavy atom. The van der Waals surface area contributed by atoms with E-state index < -0.39 is 0 Å². The molecule has 2 heterocycles. The summed E-state index contributed by atoms with van der Waals surface area (Å²) in [6, 6.07) is 15.2. The van der Waals surface area contributed by atoms with Gasteiger partial charge < -0.3 is 9.47 Å². The second-order valence-electron chi connectivity index (χ2n) is 6.51. The normalized spacial score (nSPS) is 11.9. The quantitative estimate of drug-likeness (QED) is 0.438. The second-order valence-corrected chi connectivity index (χ2v) is 7.52. The molecule has 29 heavy (non-hydrogen) atoms. The molecule has 2 aromatic carbocycles. The molecule has 0 aliphatic heterocycles. The van der Waals surface area contributed by atoms with Gasteiger partial charge in [0.25, 0.3) is 5.56 Å². The van der Waals surface area contributed by atoms with E-state index in [0.29, 0.717) is 21.9 Å². The number of unbranched alkanes of at least 4 members (excludes halogenated alkanes) is 1. The third kappa shape index (κ3) is 4.00. The van der Waals surface area contributed by atoms with Crippen LogP contribution >= 0.6 is 11.3 Å². The average molecular weight is 407 g/mol. The predicted octanol–water partition coefficient (Wildman–Crippen LogP) is 3.55. The van der Waals surface area contributed by atoms with Crippen LogP contribution in [0, 0.1) is 0 Å². The fourth-order valence-electron chi connectivity index (χ4n) is 2.90. The first-order valence-corrected chi connectivity index (χ1v) is 10.3. The van der Waals surface area contributed by atoms with E-state index in [4.69, 9.17) is 9.47 Å². The summed E-state index contributed by atoms with van der Waals surface area (Å²) < 4.78 is 13.0. The van der Waals surface area contributed by atoms with Gasteiger partial charge in [0.05, 0.1) is 18.2 Å². The van der Waals surface area contributed by atoms with Gasteiger partial charge in [-0.05, 0) is 42.8 Å². The Morgan fingerprint density at radius 1 is 1.14 bits per heavy atom. The summed E-state index contributed by atoms with van der Waals surface area (Å²) in [6.07, 6.45) is 3.91. The molecular weight excluding hydrogens is 386 g/mol. The van der Waals surface area contributed by atoms with Gasteiger partial charge in [-0.2, -0.15) is 9.50 Å². The Morgan fingerprint density at radius 3 is 2.66 bits per heavy atom. The maximum absolute atomic E-state index is 12.8. The van der Waals surface area contributed by atoms with Gasteiger partial charge in [-0.15, -0.1) is 5.10 Å². The zero-order valence-corrected chi connectivity index (χ0v) is 17.1. The SMILES string of the molecule is CCCCOc1ccccc1/C=c1/sc2nc(-c3ccc(OC)cc3)nn2c1=O. The van der Waals surface area contributed by atoms with Crippen molar-refractivity contribution in [3.63, 3.8) is 0 Å². The van der Waals surface area contributed by atoms with E-state index in [1.54, 1.807) is 7.11 Å². The minimum absolute atomic E-state index is 0.180. The summed E-state index contributed by atoms with van der Waals surface area (Å²) in [4.78, 5) is 17.9. The van der Waals surface area contributed by atoms with Crippen LogP contribution in [0.25, 0.3) is 22.4 Å². The summed E-state index contributed by atoms with van der Waals surface area (Å²) in [7, 11) is 1.62. The minimum atomic E-state index is -0.180. The van der Waals surface area contributed by atoms with E-state index in [9.17, 15) is 4.79 Å². The van der Waals surface area contributed by atoms with E-state index in [1.807, 2.05) is 54.6 Å². The fraction of sp³-hybridized carbons (Fsp3) is 0.227. The Kier molecular flexibility index (Phi) is 5.57. The first-order valence-electron chi connectivity index (χ1n) is 9.47. The molecule has 0 aliphatic carbocycles. The van der Waals surface area contributed by atoms with Crippen molar-refractivity contribution in [1.82, 2.24) is 14.6 Å². The van der Waals surface area contributed by atoms with Gasteiger partial charge in [-0.1, -0.05) is 42.9 Å². The summed E-state index contributed by atoms with van der Waals surface area (Å²) >= 11 is 1.32. The molecule has 0 unspecified atom stereocenters. The van der Waals surface area contributed by atoms with E-state index in [2.05, 4.69) is 17.0 Å². The molecule has 148 valence electrons. The maximum Gasteiger partial charge on any atom is 0.291 e. The van der Waals surface area contributed by atoms with Gasteiger partial charge in [0.2, 0.25) is 4.96 Å². The van der Waals surface area contributed by atoms with Gasteiger partial charge in [0, 0.05) is 11.1 Å². The molecule has 0 aliphatic rings. The van der Waals surface area contributed by atoms with Crippen LogP contribution in [0.1, 0.15) is 25.3 Å². The van der Waals surface area contributed by atoms with Crippen LogP contribution in [-0.4, -0.2) is 28.3 Å². The lowest BCUT2D eigenvalue weighted by Gasteiger charge is -2.07. The Labute approximate surface area is 172 Å². The number of rotatable bonds is 7. The molecule has 0 bridgehead atoms. The zero-order chi connectivity index (χ0) is 20.2. The molecule has 0 radical (unpaired) electrons. The number of fused-ring (bicyclic) bond motifs is 1. The van der Waals surface area contributed by atoms with E-state index in [0.717, 1.165) is 35.5 Å². The number of para-hydroxylation sites is 1. The van der Waals surface area contributed by atoms with Crippen LogP contribution in [0.2, 0.25) is 0 Å². The largest absolute Gasteiger partial charge is 0.497 e. The third-order valence-corrected chi connectivity index (χ3v) is 5.45. The van der Waals surface area contributed by atoms with Crippen molar-refractivity contribution in [2.45, 2.75) is 19.8 Å². The van der Waals surface area contributed by atoms with Crippen molar-refractivity contribution in [3.8, 4) is 22.9 Å². The van der Waals surface area contributed by atoms with Gasteiger partial charge in [0.15, 0.2) is 5.82 Å². The van der Waals surface area contributed by atoms with Crippen molar-refractivity contribution in [3.05, 3.63) is 69.0 Å². The number of benzene rings is 2. The number of methoxy groups -OCH3 is 1. The molecule has 0 atom stereocenters. The van der Waals surface area contributed by atoms with Crippen LogP contribution < -0.4 is 19.6 Å². The van der Waals surface area contributed by atoms with Crippen LogP contribution in [-0.2, 0) is 0 Å². The molecule has 0 N–H and O–H groups in total. The third-order valence-electron chi connectivity index (χ3n) is 4.49. The van der Waals surface area contributed by atoms with E-state index >= 15 is 0 Å². The molecule has 4 aromatic rings. The fourth-order valence-corrected chi connectivity index (χ4v) is 3.79. The minimum Gasteiger partial charge on any atom is -0.497 e. The molecular formula is C22H21N3O3S. The lowest BCUT2D eigenvalue weighted by molar-refractivity contribution is 0.309. The lowest BCUT2D eigenvalue weighted by Crippen LogP contribution is -2.23. The summed E-state index contributed by atoms with van der Waals surface area (Å²) in [5.41, 5.74) is 1.53. The Hall–Kier alpha value is -3.19. The molecule has 0 fully saturated rings. The average Bonchev–Trinajstić information content (AvgIpc) is 3.29. The molecule has 0 spiro atoms. The summed E-state index contributed by atoms with van der Waals surface area (Å²) in [5, 5.41) is 4.39. The number of thiazole rings is 1. The molecule has 0 amide bonds. The number of nitrogens with zero attached hydrogens (tertiary/aromatic N) is 3.